The van der Waals surface area contributed by atoms with E-state index >= 15 is 0 Å². The van der Waals surface area contributed by atoms with Gasteiger partial charge in [0.25, 0.3) is 0 Å². The minimum atomic E-state index is 0.0218. The molecule has 3 N–H and O–H groups in total. The molecule has 0 bridgehead atoms. The molecular formula is C15H24N4O. The summed E-state index contributed by atoms with van der Waals surface area (Å²) in [4.78, 5) is 16.6. The number of anilines is 2. The van der Waals surface area contributed by atoms with Crippen LogP contribution >= 0.6 is 0 Å². The quantitative estimate of drug-likeness (QED) is 0.812. The van der Waals surface area contributed by atoms with Gasteiger partial charge in [-0.2, -0.15) is 0 Å². The maximum absolute atomic E-state index is 12.0. The lowest BCUT2D eigenvalue weighted by molar-refractivity contribution is -0.117. The molecule has 1 aromatic carbocycles. The first-order valence-electron chi connectivity index (χ1n) is 7.16. The van der Waals surface area contributed by atoms with Gasteiger partial charge in [0.2, 0.25) is 5.91 Å². The fraction of sp³-hybridized carbons (Fsp3) is 0.533. The molecule has 1 aromatic rings. The van der Waals surface area contributed by atoms with E-state index in [-0.39, 0.29) is 5.91 Å². The standard InChI is InChI=1S/C15H24N4O/c1-12(2)19-8-6-18(7-9-19)11-15(20)17-14-5-3-4-13(16)10-14/h3-5,10,12H,6-9,11,16H2,1-2H3,(H,17,20). The van der Waals surface area contributed by atoms with Crippen molar-refractivity contribution in [1.29, 1.82) is 0 Å². The molecule has 0 atom stereocenters. The molecule has 1 saturated heterocycles. The van der Waals surface area contributed by atoms with Crippen LogP contribution in [0.3, 0.4) is 0 Å². The first kappa shape index (κ1) is 14.8. The van der Waals surface area contributed by atoms with Gasteiger partial charge >= 0.3 is 0 Å². The minimum Gasteiger partial charge on any atom is -0.399 e. The molecule has 1 heterocycles. The van der Waals surface area contributed by atoms with E-state index < -0.39 is 0 Å². The molecule has 110 valence electrons. The molecule has 0 unspecified atom stereocenters. The lowest BCUT2D eigenvalue weighted by Crippen LogP contribution is -2.50. The Balaban J connectivity index is 1.78. The Morgan fingerprint density at radius 2 is 2.00 bits per heavy atom. The van der Waals surface area contributed by atoms with E-state index in [1.54, 1.807) is 12.1 Å². The summed E-state index contributed by atoms with van der Waals surface area (Å²) in [5, 5.41) is 2.89. The summed E-state index contributed by atoms with van der Waals surface area (Å²) < 4.78 is 0. The monoisotopic (exact) mass is 276 g/mol. The fourth-order valence-electron chi connectivity index (χ4n) is 2.46. The second kappa shape index (κ2) is 6.72. The molecule has 2 rings (SSSR count). The van der Waals surface area contributed by atoms with Gasteiger partial charge in [-0.05, 0) is 32.0 Å². The zero-order chi connectivity index (χ0) is 14.5. The van der Waals surface area contributed by atoms with E-state index in [0.29, 0.717) is 18.3 Å². The molecule has 0 saturated carbocycles. The topological polar surface area (TPSA) is 61.6 Å². The zero-order valence-electron chi connectivity index (χ0n) is 12.3. The number of carbonyl (C=O) groups excluding carboxylic acids is 1. The van der Waals surface area contributed by atoms with Gasteiger partial charge in [0, 0.05) is 43.6 Å². The van der Waals surface area contributed by atoms with Crippen molar-refractivity contribution in [3.8, 4) is 0 Å². The van der Waals surface area contributed by atoms with Gasteiger partial charge in [-0.25, -0.2) is 0 Å². The summed E-state index contributed by atoms with van der Waals surface area (Å²) in [6, 6.07) is 7.85. The number of hydrogen-bond donors (Lipinski definition) is 2. The van der Waals surface area contributed by atoms with Crippen LogP contribution in [0, 0.1) is 0 Å². The van der Waals surface area contributed by atoms with Gasteiger partial charge in [-0.3, -0.25) is 14.6 Å². The highest BCUT2D eigenvalue weighted by Crippen LogP contribution is 2.12. The van der Waals surface area contributed by atoms with Crippen molar-refractivity contribution in [2.75, 3.05) is 43.8 Å². The van der Waals surface area contributed by atoms with E-state index in [1.165, 1.54) is 0 Å². The van der Waals surface area contributed by atoms with Crippen LogP contribution in [0.15, 0.2) is 24.3 Å². The Morgan fingerprint density at radius 3 is 2.60 bits per heavy atom. The summed E-state index contributed by atoms with van der Waals surface area (Å²) in [6.45, 7) is 8.82. The highest BCUT2D eigenvalue weighted by atomic mass is 16.2. The number of rotatable bonds is 4. The Bertz CT molecular complexity index is 453. The molecule has 0 aliphatic carbocycles. The van der Waals surface area contributed by atoms with Crippen LogP contribution in [-0.4, -0.2) is 54.5 Å². The van der Waals surface area contributed by atoms with Gasteiger partial charge < -0.3 is 11.1 Å². The third kappa shape index (κ3) is 4.21. The van der Waals surface area contributed by atoms with Gasteiger partial charge in [-0.15, -0.1) is 0 Å². The third-order valence-electron chi connectivity index (χ3n) is 3.67. The maximum atomic E-state index is 12.0. The molecule has 1 amide bonds. The first-order valence-corrected chi connectivity index (χ1v) is 7.16. The second-order valence-electron chi connectivity index (χ2n) is 5.58. The van der Waals surface area contributed by atoms with Crippen molar-refractivity contribution >= 4 is 17.3 Å². The lowest BCUT2D eigenvalue weighted by Gasteiger charge is -2.36. The molecular weight excluding hydrogens is 252 g/mol. The fourth-order valence-corrected chi connectivity index (χ4v) is 2.46. The maximum Gasteiger partial charge on any atom is 0.238 e. The number of nitrogens with one attached hydrogen (secondary N) is 1. The summed E-state index contributed by atoms with van der Waals surface area (Å²) >= 11 is 0. The van der Waals surface area contributed by atoms with Crippen LogP contribution in [0.25, 0.3) is 0 Å². The zero-order valence-corrected chi connectivity index (χ0v) is 12.3. The molecule has 1 aliphatic rings. The average Bonchev–Trinajstić information content (AvgIpc) is 2.39. The summed E-state index contributed by atoms with van der Waals surface area (Å²) in [5.74, 6) is 0.0218. The van der Waals surface area contributed by atoms with Gasteiger partial charge in [0.05, 0.1) is 6.54 Å². The number of piperazine rings is 1. The number of nitrogens with zero attached hydrogens (tertiary/aromatic N) is 2. The van der Waals surface area contributed by atoms with Crippen molar-refractivity contribution < 1.29 is 4.79 Å². The SMILES string of the molecule is CC(C)N1CCN(CC(=O)Nc2cccc(N)c2)CC1. The van der Waals surface area contributed by atoms with E-state index in [4.69, 9.17) is 5.73 Å². The normalized spacial score (nSPS) is 17.4. The Kier molecular flexibility index (Phi) is 4.98. The second-order valence-corrected chi connectivity index (χ2v) is 5.58. The van der Waals surface area contributed by atoms with Crippen molar-refractivity contribution in [2.45, 2.75) is 19.9 Å². The molecule has 0 spiro atoms. The summed E-state index contributed by atoms with van der Waals surface area (Å²) in [7, 11) is 0. The number of amides is 1. The summed E-state index contributed by atoms with van der Waals surface area (Å²) in [5.41, 5.74) is 7.12. The Morgan fingerprint density at radius 1 is 1.30 bits per heavy atom. The van der Waals surface area contributed by atoms with Crippen molar-refractivity contribution in [3.05, 3.63) is 24.3 Å². The lowest BCUT2D eigenvalue weighted by atomic mass is 10.2. The largest absolute Gasteiger partial charge is 0.399 e. The van der Waals surface area contributed by atoms with E-state index in [1.807, 2.05) is 12.1 Å². The molecule has 20 heavy (non-hydrogen) atoms. The number of benzene rings is 1. The number of hydrogen-bond acceptors (Lipinski definition) is 4. The first-order chi connectivity index (χ1) is 9.54. The highest BCUT2D eigenvalue weighted by molar-refractivity contribution is 5.92. The summed E-state index contributed by atoms with van der Waals surface area (Å²) in [6.07, 6.45) is 0. The average molecular weight is 276 g/mol. The van der Waals surface area contributed by atoms with Crippen LogP contribution in [0.2, 0.25) is 0 Å². The molecule has 5 heteroatoms. The van der Waals surface area contributed by atoms with Crippen LogP contribution in [0.1, 0.15) is 13.8 Å². The van der Waals surface area contributed by atoms with Crippen molar-refractivity contribution in [1.82, 2.24) is 9.80 Å². The molecule has 1 fully saturated rings. The third-order valence-corrected chi connectivity index (χ3v) is 3.67. The molecule has 1 aliphatic heterocycles. The van der Waals surface area contributed by atoms with Gasteiger partial charge in [0.15, 0.2) is 0 Å². The molecule has 0 radical (unpaired) electrons. The van der Waals surface area contributed by atoms with Gasteiger partial charge in [-0.1, -0.05) is 6.07 Å². The van der Waals surface area contributed by atoms with Crippen LogP contribution in [0.5, 0.6) is 0 Å². The molecule has 5 nitrogen and oxygen atoms in total. The number of nitrogens with two attached hydrogens (primary N) is 1. The van der Waals surface area contributed by atoms with E-state index in [9.17, 15) is 4.79 Å². The number of nitrogen functional groups attached to an aromatic ring is 1. The Labute approximate surface area is 120 Å². The number of carbonyl (C=O) groups is 1. The van der Waals surface area contributed by atoms with E-state index in [0.717, 1.165) is 31.9 Å². The van der Waals surface area contributed by atoms with Crippen molar-refractivity contribution in [3.63, 3.8) is 0 Å². The van der Waals surface area contributed by atoms with E-state index in [2.05, 4.69) is 29.0 Å². The highest BCUT2D eigenvalue weighted by Gasteiger charge is 2.20. The molecule has 0 aromatic heterocycles. The predicted octanol–water partition coefficient (Wildman–Crippen LogP) is 1.23. The van der Waals surface area contributed by atoms with Crippen LogP contribution < -0.4 is 11.1 Å². The van der Waals surface area contributed by atoms with Crippen LogP contribution in [-0.2, 0) is 4.79 Å². The Hall–Kier alpha value is -1.59. The minimum absolute atomic E-state index is 0.0218. The predicted molar refractivity (Wildman–Crippen MR) is 82.6 cm³/mol. The van der Waals surface area contributed by atoms with Crippen LogP contribution in [0.4, 0.5) is 11.4 Å². The van der Waals surface area contributed by atoms with Crippen molar-refractivity contribution in [2.24, 2.45) is 0 Å². The smallest absolute Gasteiger partial charge is 0.238 e. The van der Waals surface area contributed by atoms with Gasteiger partial charge in [0.1, 0.15) is 0 Å².